The van der Waals surface area contributed by atoms with Gasteiger partial charge in [-0.3, -0.25) is 14.6 Å². The van der Waals surface area contributed by atoms with Gasteiger partial charge in [0.25, 0.3) is 5.56 Å². The molecule has 11 heteroatoms. The normalized spacial score (nSPS) is 16.0. The molecule has 1 aromatic heterocycles. The number of H-pyrrole nitrogens is 1. The summed E-state index contributed by atoms with van der Waals surface area (Å²) in [5.41, 5.74) is 5.47. The standard InChI is InChI=1S/C20H15Cl2N5O4/c1-26-14-3-2-10(8-11(14)20(4-5-20)18(26)29)31-15-12(21)6-9(7-13(15)22)27-19(30)24-17(28)16(23)25-27/h2-3,6-8H,4-5H2,1H3,(H2,23,25)(H,24,28,30). The zero-order valence-electron chi connectivity index (χ0n) is 16.1. The second-order valence-electron chi connectivity index (χ2n) is 7.52. The monoisotopic (exact) mass is 459 g/mol. The summed E-state index contributed by atoms with van der Waals surface area (Å²) in [5, 5.41) is 4.00. The molecule has 5 rings (SSSR count). The van der Waals surface area contributed by atoms with E-state index in [4.69, 9.17) is 33.7 Å². The van der Waals surface area contributed by atoms with Crippen LogP contribution in [0.2, 0.25) is 10.0 Å². The van der Waals surface area contributed by atoms with E-state index in [1.807, 2.05) is 12.1 Å². The summed E-state index contributed by atoms with van der Waals surface area (Å²) in [7, 11) is 1.76. The highest BCUT2D eigenvalue weighted by Crippen LogP contribution is 2.57. The minimum atomic E-state index is -0.790. The maximum atomic E-state index is 12.5. The van der Waals surface area contributed by atoms with E-state index in [-0.39, 0.29) is 33.2 Å². The predicted octanol–water partition coefficient (Wildman–Crippen LogP) is 2.61. The van der Waals surface area contributed by atoms with E-state index in [1.54, 1.807) is 18.0 Å². The van der Waals surface area contributed by atoms with E-state index in [0.29, 0.717) is 5.75 Å². The average molecular weight is 460 g/mol. The molecule has 1 fully saturated rings. The third-order valence-electron chi connectivity index (χ3n) is 5.61. The number of nitrogens with zero attached hydrogens (tertiary/aromatic N) is 3. The van der Waals surface area contributed by atoms with Crippen LogP contribution in [0.1, 0.15) is 18.4 Å². The van der Waals surface area contributed by atoms with Crippen LogP contribution >= 0.6 is 23.2 Å². The van der Waals surface area contributed by atoms with Crippen molar-refractivity contribution in [3.63, 3.8) is 0 Å². The smallest absolute Gasteiger partial charge is 0.349 e. The minimum absolute atomic E-state index is 0.0955. The lowest BCUT2D eigenvalue weighted by atomic mass is 9.98. The number of ether oxygens (including phenoxy) is 1. The van der Waals surface area contributed by atoms with Crippen LogP contribution in [0.25, 0.3) is 5.69 Å². The molecular formula is C20H15Cl2N5O4. The van der Waals surface area contributed by atoms with Gasteiger partial charge in [0.1, 0.15) is 5.75 Å². The number of carbonyl (C=O) groups is 1. The molecule has 1 saturated carbocycles. The molecule has 1 aliphatic heterocycles. The number of carbonyl (C=O) groups excluding carboxylic acids is 1. The molecule has 2 aromatic carbocycles. The molecule has 0 radical (unpaired) electrons. The van der Waals surface area contributed by atoms with E-state index in [0.717, 1.165) is 28.8 Å². The molecule has 9 nitrogen and oxygen atoms in total. The number of benzene rings is 2. The first-order chi connectivity index (χ1) is 14.7. The fourth-order valence-corrected chi connectivity index (χ4v) is 4.43. The molecule has 1 aliphatic carbocycles. The summed E-state index contributed by atoms with van der Waals surface area (Å²) in [6.45, 7) is 0. The van der Waals surface area contributed by atoms with E-state index in [1.165, 1.54) is 12.1 Å². The average Bonchev–Trinajstić information content (AvgIpc) is 3.50. The van der Waals surface area contributed by atoms with Crippen molar-refractivity contribution in [3.05, 3.63) is 66.8 Å². The highest BCUT2D eigenvalue weighted by molar-refractivity contribution is 6.37. The largest absolute Gasteiger partial charge is 0.454 e. The van der Waals surface area contributed by atoms with Gasteiger partial charge in [-0.25, -0.2) is 4.79 Å². The third-order valence-corrected chi connectivity index (χ3v) is 6.17. The van der Waals surface area contributed by atoms with Gasteiger partial charge in [-0.15, -0.1) is 5.10 Å². The number of anilines is 2. The van der Waals surface area contributed by atoms with Crippen molar-refractivity contribution in [1.29, 1.82) is 0 Å². The molecule has 1 spiro atoms. The summed E-state index contributed by atoms with van der Waals surface area (Å²) in [6, 6.07) is 8.24. The Kier molecular flexibility index (Phi) is 4.18. The highest BCUT2D eigenvalue weighted by Gasteiger charge is 2.58. The van der Waals surface area contributed by atoms with Crippen LogP contribution in [-0.4, -0.2) is 27.7 Å². The molecule has 1 amide bonds. The second kappa shape index (κ2) is 6.60. The molecule has 0 atom stereocenters. The minimum Gasteiger partial charge on any atom is -0.454 e. The molecule has 0 bridgehead atoms. The van der Waals surface area contributed by atoms with E-state index in [2.05, 4.69) is 10.1 Å². The Bertz CT molecular complexity index is 1370. The van der Waals surface area contributed by atoms with Crippen LogP contribution in [0.5, 0.6) is 11.5 Å². The van der Waals surface area contributed by atoms with Gasteiger partial charge >= 0.3 is 5.69 Å². The SMILES string of the molecule is CN1C(=O)C2(CC2)c2cc(Oc3c(Cl)cc(-n4nc(N)c(=O)[nH]c4=O)cc3Cl)ccc21. The van der Waals surface area contributed by atoms with Crippen molar-refractivity contribution < 1.29 is 9.53 Å². The fraction of sp³-hybridized carbons (Fsp3) is 0.200. The van der Waals surface area contributed by atoms with Gasteiger partial charge in [0.05, 0.1) is 21.1 Å². The van der Waals surface area contributed by atoms with Crippen LogP contribution in [0, 0.1) is 0 Å². The summed E-state index contributed by atoms with van der Waals surface area (Å²) >= 11 is 12.7. The van der Waals surface area contributed by atoms with Crippen molar-refractivity contribution in [3.8, 4) is 17.2 Å². The second-order valence-corrected chi connectivity index (χ2v) is 8.34. The number of likely N-dealkylation sites (N-methyl/N-ethyl adjacent to an activating group) is 1. The lowest BCUT2D eigenvalue weighted by Crippen LogP contribution is -2.33. The number of halogens is 2. The van der Waals surface area contributed by atoms with Crippen LogP contribution in [0.15, 0.2) is 39.9 Å². The molecule has 0 saturated heterocycles. The van der Waals surface area contributed by atoms with Gasteiger partial charge in [-0.2, -0.15) is 4.68 Å². The van der Waals surface area contributed by atoms with Gasteiger partial charge in [0.2, 0.25) is 11.7 Å². The fourth-order valence-electron chi connectivity index (χ4n) is 3.88. The highest BCUT2D eigenvalue weighted by atomic mass is 35.5. The summed E-state index contributed by atoms with van der Waals surface area (Å²) in [4.78, 5) is 39.8. The van der Waals surface area contributed by atoms with Gasteiger partial charge in [0.15, 0.2) is 5.75 Å². The molecule has 3 aromatic rings. The number of amides is 1. The maximum Gasteiger partial charge on any atom is 0.349 e. The van der Waals surface area contributed by atoms with Crippen molar-refractivity contribution in [2.24, 2.45) is 0 Å². The quantitative estimate of drug-likeness (QED) is 0.620. The summed E-state index contributed by atoms with van der Waals surface area (Å²) < 4.78 is 6.82. The number of hydrogen-bond donors (Lipinski definition) is 2. The Balaban J connectivity index is 1.52. The van der Waals surface area contributed by atoms with Gasteiger partial charge < -0.3 is 15.4 Å². The summed E-state index contributed by atoms with van der Waals surface area (Å²) in [5.74, 6) is 0.380. The molecular weight excluding hydrogens is 445 g/mol. The van der Waals surface area contributed by atoms with Gasteiger partial charge in [-0.1, -0.05) is 23.2 Å². The summed E-state index contributed by atoms with van der Waals surface area (Å²) in [6.07, 6.45) is 1.62. The number of aromatic nitrogens is 3. The van der Waals surface area contributed by atoms with Crippen LogP contribution < -0.4 is 26.6 Å². The third kappa shape index (κ3) is 2.92. The Morgan fingerprint density at radius 1 is 1.13 bits per heavy atom. The van der Waals surface area contributed by atoms with Gasteiger partial charge in [-0.05, 0) is 48.7 Å². The van der Waals surface area contributed by atoms with Crippen molar-refractivity contribution >= 4 is 40.6 Å². The number of hydrogen-bond acceptors (Lipinski definition) is 6. The van der Waals surface area contributed by atoms with Crippen LogP contribution in [0.3, 0.4) is 0 Å². The molecule has 158 valence electrons. The number of rotatable bonds is 3. The van der Waals surface area contributed by atoms with E-state index in [9.17, 15) is 14.4 Å². The van der Waals surface area contributed by atoms with Crippen LogP contribution in [-0.2, 0) is 10.2 Å². The first kappa shape index (κ1) is 19.7. The van der Waals surface area contributed by atoms with Crippen molar-refractivity contribution in [2.45, 2.75) is 18.3 Å². The topological polar surface area (TPSA) is 123 Å². The molecule has 31 heavy (non-hydrogen) atoms. The predicted molar refractivity (Wildman–Crippen MR) is 116 cm³/mol. The molecule has 2 heterocycles. The zero-order valence-corrected chi connectivity index (χ0v) is 17.6. The molecule has 0 unspecified atom stereocenters. The molecule has 3 N–H and O–H groups in total. The Hall–Kier alpha value is -3.30. The number of nitrogens with two attached hydrogens (primary N) is 1. The lowest BCUT2D eigenvalue weighted by Gasteiger charge is -2.14. The maximum absolute atomic E-state index is 12.5. The lowest BCUT2D eigenvalue weighted by molar-refractivity contribution is -0.119. The first-order valence-corrected chi connectivity index (χ1v) is 10.1. The number of nitrogens with one attached hydrogen (secondary N) is 1. The van der Waals surface area contributed by atoms with Gasteiger partial charge in [0, 0.05) is 12.7 Å². The van der Waals surface area contributed by atoms with E-state index >= 15 is 0 Å². The Morgan fingerprint density at radius 2 is 1.81 bits per heavy atom. The molecule has 2 aliphatic rings. The Morgan fingerprint density at radius 3 is 2.45 bits per heavy atom. The first-order valence-electron chi connectivity index (χ1n) is 9.30. The Labute approximate surface area is 185 Å². The number of fused-ring (bicyclic) bond motifs is 2. The van der Waals surface area contributed by atoms with Crippen molar-refractivity contribution in [2.75, 3.05) is 17.7 Å². The van der Waals surface area contributed by atoms with Crippen LogP contribution in [0.4, 0.5) is 11.5 Å². The van der Waals surface area contributed by atoms with E-state index < -0.39 is 16.7 Å². The number of aromatic amines is 1. The van der Waals surface area contributed by atoms with Crippen molar-refractivity contribution in [1.82, 2.24) is 14.8 Å². The zero-order chi connectivity index (χ0) is 22.1. The number of nitrogen functional groups attached to an aromatic ring is 1.